The number of sulfonamides is 1. The van der Waals surface area contributed by atoms with Crippen molar-refractivity contribution in [1.29, 1.82) is 0 Å². The van der Waals surface area contributed by atoms with Gasteiger partial charge in [0.25, 0.3) is 0 Å². The number of nitrogens with zero attached hydrogens (tertiary/aromatic N) is 7. The number of aliphatic hydroxyl groups is 1. The lowest BCUT2D eigenvalue weighted by Crippen LogP contribution is -2.49. The van der Waals surface area contributed by atoms with Gasteiger partial charge in [-0.3, -0.25) is 9.58 Å². The molecule has 1 aromatic carbocycles. The molecular weight excluding hydrogens is 718 g/mol. The molecule has 3 aliphatic heterocycles. The van der Waals surface area contributed by atoms with E-state index in [4.69, 9.17) is 16.7 Å². The number of alkyl halides is 4. The maximum absolute atomic E-state index is 14.1. The second kappa shape index (κ2) is 15.6. The molecule has 5 heterocycles. The zero-order chi connectivity index (χ0) is 35.6. The number of anilines is 1. The van der Waals surface area contributed by atoms with Crippen LogP contribution in [0.4, 0.5) is 23.4 Å². The number of piperazine rings is 1. The highest BCUT2D eigenvalue weighted by Crippen LogP contribution is 2.40. The molecule has 3 aromatic rings. The van der Waals surface area contributed by atoms with Gasteiger partial charge in [-0.2, -0.15) is 22.6 Å². The number of pyridine rings is 1. The number of aliphatic hydroxyl groups excluding tert-OH is 1. The van der Waals surface area contributed by atoms with Crippen LogP contribution in [0, 0.1) is 0 Å². The average Bonchev–Trinajstić information content (AvgIpc) is 3.42. The molecule has 2 saturated heterocycles. The van der Waals surface area contributed by atoms with Gasteiger partial charge in [-0.05, 0) is 37.1 Å². The summed E-state index contributed by atoms with van der Waals surface area (Å²) in [5, 5.41) is 16.6. The first-order valence-corrected chi connectivity index (χ1v) is 20.0. The third-order valence-electron chi connectivity index (χ3n) is 9.57. The van der Waals surface area contributed by atoms with Crippen LogP contribution in [0.25, 0.3) is 11.3 Å². The fourth-order valence-corrected chi connectivity index (χ4v) is 9.02. The van der Waals surface area contributed by atoms with Crippen LogP contribution in [0.2, 0.25) is 5.02 Å². The molecule has 6 rings (SSSR count). The molecular formula is C33H42ClF4N7O3S2. The molecule has 2 aromatic heterocycles. The SMILES string of the molecule is CS(=O)(=O)N1CCc2c(c(-c3ccc(C(F)(F)F)c(SCCN4CCC(F)CC4)c3)nn2C[C@H](O)CN2CCN(c3ncccc3Cl)CC2)C1. The normalized spacial score (nSPS) is 19.5. The van der Waals surface area contributed by atoms with Crippen molar-refractivity contribution < 1.29 is 31.1 Å². The van der Waals surface area contributed by atoms with Crippen LogP contribution >= 0.6 is 23.4 Å². The molecule has 0 unspecified atom stereocenters. The molecule has 17 heteroatoms. The number of benzene rings is 1. The lowest BCUT2D eigenvalue weighted by atomic mass is 10.0. The Labute approximate surface area is 299 Å². The van der Waals surface area contributed by atoms with E-state index in [-0.39, 0.29) is 24.5 Å². The van der Waals surface area contributed by atoms with Crippen molar-refractivity contribution in [2.75, 3.05) is 75.8 Å². The van der Waals surface area contributed by atoms with Gasteiger partial charge in [0.15, 0.2) is 0 Å². The monoisotopic (exact) mass is 759 g/mol. The number of fused-ring (bicyclic) bond motifs is 1. The Hall–Kier alpha value is -2.47. The van der Waals surface area contributed by atoms with Crippen molar-refractivity contribution in [3.05, 3.63) is 58.4 Å². The molecule has 0 radical (unpaired) electrons. The molecule has 3 aliphatic rings. The molecule has 0 bridgehead atoms. The Balaban J connectivity index is 1.20. The Morgan fingerprint density at radius 2 is 1.78 bits per heavy atom. The number of hydrogen-bond acceptors (Lipinski definition) is 9. The summed E-state index contributed by atoms with van der Waals surface area (Å²) in [6.45, 7) is 5.25. The van der Waals surface area contributed by atoms with Crippen LogP contribution in [-0.2, 0) is 35.7 Å². The minimum atomic E-state index is -4.57. The van der Waals surface area contributed by atoms with E-state index in [0.29, 0.717) is 99.2 Å². The van der Waals surface area contributed by atoms with E-state index in [1.807, 2.05) is 0 Å². The molecule has 2 fully saturated rings. The molecule has 0 aliphatic carbocycles. The van der Waals surface area contributed by atoms with E-state index in [9.17, 15) is 31.1 Å². The van der Waals surface area contributed by atoms with Gasteiger partial charge in [-0.1, -0.05) is 17.7 Å². The summed E-state index contributed by atoms with van der Waals surface area (Å²) >= 11 is 7.43. The van der Waals surface area contributed by atoms with Crippen molar-refractivity contribution in [3.8, 4) is 11.3 Å². The van der Waals surface area contributed by atoms with Crippen LogP contribution in [0.1, 0.15) is 29.7 Å². The van der Waals surface area contributed by atoms with E-state index < -0.39 is 34.0 Å². The van der Waals surface area contributed by atoms with E-state index in [1.54, 1.807) is 23.0 Å². The number of hydrogen-bond donors (Lipinski definition) is 1. The lowest BCUT2D eigenvalue weighted by molar-refractivity contribution is -0.139. The Bertz CT molecular complexity index is 1750. The van der Waals surface area contributed by atoms with E-state index in [0.717, 1.165) is 35.6 Å². The summed E-state index contributed by atoms with van der Waals surface area (Å²) in [5.74, 6) is 1.13. The third-order valence-corrected chi connectivity index (χ3v) is 12.2. The smallest absolute Gasteiger partial charge is 0.390 e. The largest absolute Gasteiger partial charge is 0.417 e. The first kappa shape index (κ1) is 37.3. The van der Waals surface area contributed by atoms with Crippen molar-refractivity contribution in [3.63, 3.8) is 0 Å². The highest BCUT2D eigenvalue weighted by Gasteiger charge is 2.35. The maximum Gasteiger partial charge on any atom is 0.417 e. The van der Waals surface area contributed by atoms with Gasteiger partial charge in [0, 0.05) is 106 Å². The zero-order valence-electron chi connectivity index (χ0n) is 27.8. The number of likely N-dealkylation sites (tertiary alicyclic amines) is 1. The number of β-amino-alcohol motifs (C(OH)–C–C–N with tert-alkyl or cyclic N) is 1. The molecule has 0 saturated carbocycles. The molecule has 1 atom stereocenters. The second-order valence-corrected chi connectivity index (χ2v) is 16.7. The molecule has 274 valence electrons. The summed E-state index contributed by atoms with van der Waals surface area (Å²) in [6, 6.07) is 7.51. The minimum Gasteiger partial charge on any atom is -0.390 e. The van der Waals surface area contributed by atoms with E-state index >= 15 is 0 Å². The Kier molecular flexibility index (Phi) is 11.7. The Morgan fingerprint density at radius 1 is 1.04 bits per heavy atom. The fraction of sp³-hybridized carbons (Fsp3) is 0.576. The van der Waals surface area contributed by atoms with Gasteiger partial charge < -0.3 is 14.9 Å². The molecule has 10 nitrogen and oxygen atoms in total. The highest BCUT2D eigenvalue weighted by atomic mass is 35.5. The first-order valence-electron chi connectivity index (χ1n) is 16.8. The summed E-state index contributed by atoms with van der Waals surface area (Å²) in [6.07, 6.45) is -2.15. The van der Waals surface area contributed by atoms with Gasteiger partial charge in [0.1, 0.15) is 12.0 Å². The predicted molar refractivity (Wildman–Crippen MR) is 187 cm³/mol. The number of rotatable bonds is 11. The standard InChI is InChI=1S/C33H42ClF4N7O3S2/c1-50(47,48)44-12-8-29-26(22-44)31(23-4-5-27(33(36,37)38)30(19-23)49-18-17-41-10-6-24(35)7-11-41)40-45(29)21-25(46)20-42-13-15-43(16-14-42)32-28(34)3-2-9-39-32/h2-5,9,19,24-25,46H,6-8,10-18,20-22H2,1H3/t25-/m1/s1. The van der Waals surface area contributed by atoms with Crippen molar-refractivity contribution in [2.45, 2.75) is 55.7 Å². The minimum absolute atomic E-state index is 0.0334. The lowest BCUT2D eigenvalue weighted by Gasteiger charge is -2.36. The number of aromatic nitrogens is 3. The van der Waals surface area contributed by atoms with Crippen molar-refractivity contribution >= 4 is 39.2 Å². The topological polar surface area (TPSA) is 98.0 Å². The van der Waals surface area contributed by atoms with Crippen LogP contribution in [0.15, 0.2) is 41.4 Å². The van der Waals surface area contributed by atoms with Crippen LogP contribution < -0.4 is 4.90 Å². The van der Waals surface area contributed by atoms with E-state index in [2.05, 4.69) is 19.7 Å². The summed E-state index contributed by atoms with van der Waals surface area (Å²) < 4.78 is 84.1. The van der Waals surface area contributed by atoms with Crippen LogP contribution in [-0.4, -0.2) is 126 Å². The maximum atomic E-state index is 14.1. The van der Waals surface area contributed by atoms with Gasteiger partial charge in [-0.15, -0.1) is 11.8 Å². The quantitative estimate of drug-likeness (QED) is 0.222. The zero-order valence-corrected chi connectivity index (χ0v) is 30.2. The van der Waals surface area contributed by atoms with Crippen LogP contribution in [0.3, 0.4) is 0 Å². The van der Waals surface area contributed by atoms with Crippen molar-refractivity contribution in [1.82, 2.24) is 28.9 Å². The predicted octanol–water partition coefficient (Wildman–Crippen LogP) is 4.64. The Morgan fingerprint density at radius 3 is 2.46 bits per heavy atom. The van der Waals surface area contributed by atoms with Crippen LogP contribution in [0.5, 0.6) is 0 Å². The van der Waals surface area contributed by atoms with Gasteiger partial charge in [0.05, 0.1) is 35.2 Å². The number of thioether (sulfide) groups is 1. The molecule has 1 N–H and O–H groups in total. The molecule has 0 spiro atoms. The van der Waals surface area contributed by atoms with E-state index in [1.165, 1.54) is 16.4 Å². The third kappa shape index (κ3) is 8.93. The van der Waals surface area contributed by atoms with Gasteiger partial charge in [-0.25, -0.2) is 17.8 Å². The molecule has 0 amide bonds. The summed E-state index contributed by atoms with van der Waals surface area (Å²) in [7, 11) is -3.55. The van der Waals surface area contributed by atoms with Crippen molar-refractivity contribution in [2.24, 2.45) is 0 Å². The van der Waals surface area contributed by atoms with Gasteiger partial charge in [0.2, 0.25) is 10.0 Å². The number of halogens is 5. The molecule has 50 heavy (non-hydrogen) atoms. The first-order chi connectivity index (χ1) is 23.8. The van der Waals surface area contributed by atoms with Gasteiger partial charge >= 0.3 is 6.18 Å². The summed E-state index contributed by atoms with van der Waals surface area (Å²) in [4.78, 5) is 10.8. The summed E-state index contributed by atoms with van der Waals surface area (Å²) in [5.41, 5.74) is 1.49. The second-order valence-electron chi connectivity index (χ2n) is 13.1. The average molecular weight is 760 g/mol. The highest BCUT2D eigenvalue weighted by molar-refractivity contribution is 7.99. The fourth-order valence-electron chi connectivity index (χ4n) is 6.87. The number of piperidine rings is 1.